The zero-order valence-corrected chi connectivity index (χ0v) is 9.90. The predicted molar refractivity (Wildman–Crippen MR) is 61.9 cm³/mol. The molecule has 0 radical (unpaired) electrons. The van der Waals surface area contributed by atoms with Crippen LogP contribution in [0, 0.1) is 6.92 Å². The van der Waals surface area contributed by atoms with Gasteiger partial charge >= 0.3 is 5.69 Å². The van der Waals surface area contributed by atoms with Gasteiger partial charge in [-0.2, -0.15) is 0 Å². The molecule has 0 atom stereocenters. The molecule has 1 aromatic rings. The number of amides is 1. The number of nitrogens with one attached hydrogen (secondary N) is 1. The van der Waals surface area contributed by atoms with E-state index in [-0.39, 0.29) is 12.5 Å². The van der Waals surface area contributed by atoms with Crippen molar-refractivity contribution in [1.29, 1.82) is 0 Å². The van der Waals surface area contributed by atoms with Gasteiger partial charge in [0, 0.05) is 24.8 Å². The monoisotopic (exact) mass is 237 g/mol. The molecule has 6 heteroatoms. The fraction of sp³-hybridized carbons (Fsp3) is 0.545. The van der Waals surface area contributed by atoms with Crippen LogP contribution >= 0.6 is 0 Å². The summed E-state index contributed by atoms with van der Waals surface area (Å²) in [5, 5.41) is 0. The lowest BCUT2D eigenvalue weighted by atomic mass is 10.4. The Morgan fingerprint density at radius 3 is 2.76 bits per heavy atom. The third-order valence-electron chi connectivity index (χ3n) is 2.98. The number of carbonyl (C=O) groups excluding carboxylic acids is 1. The Labute approximate surface area is 97.9 Å². The first-order valence-corrected chi connectivity index (χ1v) is 5.55. The molecule has 1 amide bonds. The first kappa shape index (κ1) is 11.6. The van der Waals surface area contributed by atoms with Crippen LogP contribution in [0.25, 0.3) is 0 Å². The van der Waals surface area contributed by atoms with E-state index in [0.29, 0.717) is 11.6 Å². The number of rotatable bonds is 3. The molecule has 1 N–H and O–H groups in total. The number of likely N-dealkylation sites (N-methyl/N-ethyl adjacent to an activating group) is 1. The van der Waals surface area contributed by atoms with E-state index in [9.17, 15) is 14.4 Å². The number of aromatic nitrogens is 2. The Morgan fingerprint density at radius 1 is 1.53 bits per heavy atom. The second kappa shape index (κ2) is 4.20. The number of H-pyrrole nitrogens is 1. The van der Waals surface area contributed by atoms with Gasteiger partial charge in [-0.25, -0.2) is 4.79 Å². The third kappa shape index (κ3) is 2.46. The maximum atomic E-state index is 11.8. The van der Waals surface area contributed by atoms with E-state index in [1.807, 2.05) is 0 Å². The number of carbonyl (C=O) groups is 1. The lowest BCUT2D eigenvalue weighted by molar-refractivity contribution is -0.131. The van der Waals surface area contributed by atoms with E-state index < -0.39 is 11.2 Å². The van der Waals surface area contributed by atoms with Crippen LogP contribution in [0.4, 0.5) is 0 Å². The van der Waals surface area contributed by atoms with Gasteiger partial charge in [0.25, 0.3) is 5.56 Å². The molecule has 17 heavy (non-hydrogen) atoms. The minimum Gasteiger partial charge on any atom is -0.341 e. The Morgan fingerprint density at radius 2 is 2.18 bits per heavy atom. The molecule has 1 fully saturated rings. The van der Waals surface area contributed by atoms with Crippen molar-refractivity contribution >= 4 is 5.91 Å². The maximum absolute atomic E-state index is 11.8. The molecule has 0 aromatic carbocycles. The van der Waals surface area contributed by atoms with Crippen molar-refractivity contribution < 1.29 is 4.79 Å². The molecule has 2 rings (SSSR count). The number of aromatic amines is 1. The van der Waals surface area contributed by atoms with Crippen LogP contribution in [0.1, 0.15) is 18.4 Å². The van der Waals surface area contributed by atoms with E-state index in [2.05, 4.69) is 4.98 Å². The number of hydrogen-bond acceptors (Lipinski definition) is 3. The highest BCUT2D eigenvalue weighted by Crippen LogP contribution is 2.25. The lowest BCUT2D eigenvalue weighted by Crippen LogP contribution is -2.38. The summed E-state index contributed by atoms with van der Waals surface area (Å²) in [7, 11) is 1.74. The molecule has 0 spiro atoms. The maximum Gasteiger partial charge on any atom is 0.328 e. The molecular weight excluding hydrogens is 222 g/mol. The molecule has 1 heterocycles. The fourth-order valence-electron chi connectivity index (χ4n) is 1.66. The van der Waals surface area contributed by atoms with Gasteiger partial charge in [-0.1, -0.05) is 0 Å². The van der Waals surface area contributed by atoms with Crippen LogP contribution in [0.2, 0.25) is 0 Å². The van der Waals surface area contributed by atoms with Gasteiger partial charge in [0.2, 0.25) is 5.91 Å². The molecule has 1 aliphatic rings. The van der Waals surface area contributed by atoms with E-state index >= 15 is 0 Å². The zero-order chi connectivity index (χ0) is 12.6. The van der Waals surface area contributed by atoms with Crippen molar-refractivity contribution in [3.05, 3.63) is 32.6 Å². The Hall–Kier alpha value is -1.85. The molecule has 6 nitrogen and oxygen atoms in total. The summed E-state index contributed by atoms with van der Waals surface area (Å²) in [6, 6.07) is 0.321. The largest absolute Gasteiger partial charge is 0.341 e. The van der Waals surface area contributed by atoms with Crippen LogP contribution in [0.15, 0.2) is 15.8 Å². The summed E-state index contributed by atoms with van der Waals surface area (Å²) < 4.78 is 1.23. The SMILES string of the molecule is Cc1cn(CC(=O)N(C)C2CC2)c(=O)[nH]c1=O. The normalized spacial score (nSPS) is 14.7. The highest BCUT2D eigenvalue weighted by molar-refractivity contribution is 5.76. The molecule has 1 aromatic heterocycles. The zero-order valence-electron chi connectivity index (χ0n) is 9.90. The van der Waals surface area contributed by atoms with Crippen molar-refractivity contribution in [1.82, 2.24) is 14.5 Å². The second-order valence-corrected chi connectivity index (χ2v) is 4.44. The first-order chi connectivity index (χ1) is 7.99. The van der Waals surface area contributed by atoms with Crippen molar-refractivity contribution in [3.63, 3.8) is 0 Å². The molecule has 0 saturated heterocycles. The van der Waals surface area contributed by atoms with Crippen molar-refractivity contribution in [2.75, 3.05) is 7.05 Å². The average Bonchev–Trinajstić information content (AvgIpc) is 3.08. The molecule has 0 aliphatic heterocycles. The van der Waals surface area contributed by atoms with Gasteiger partial charge < -0.3 is 4.90 Å². The third-order valence-corrected chi connectivity index (χ3v) is 2.98. The standard InChI is InChI=1S/C11H15N3O3/c1-7-5-14(11(17)12-10(7)16)6-9(15)13(2)8-3-4-8/h5,8H,3-4,6H2,1-2H3,(H,12,16,17). The van der Waals surface area contributed by atoms with Crippen LogP contribution in [-0.2, 0) is 11.3 Å². The molecule has 1 aliphatic carbocycles. The quantitative estimate of drug-likeness (QED) is 0.767. The van der Waals surface area contributed by atoms with E-state index in [1.54, 1.807) is 18.9 Å². The molecule has 92 valence electrons. The Kier molecular flexibility index (Phi) is 2.87. The van der Waals surface area contributed by atoms with Gasteiger partial charge in [-0.15, -0.1) is 0 Å². The molecular formula is C11H15N3O3. The number of aryl methyl sites for hydroxylation is 1. The highest BCUT2D eigenvalue weighted by Gasteiger charge is 2.29. The van der Waals surface area contributed by atoms with Crippen LogP contribution in [0.5, 0.6) is 0 Å². The van der Waals surface area contributed by atoms with Crippen LogP contribution < -0.4 is 11.2 Å². The van der Waals surface area contributed by atoms with E-state index in [4.69, 9.17) is 0 Å². The molecule has 0 bridgehead atoms. The van der Waals surface area contributed by atoms with Gasteiger partial charge in [-0.3, -0.25) is 19.1 Å². The number of nitrogens with zero attached hydrogens (tertiary/aromatic N) is 2. The average molecular weight is 237 g/mol. The van der Waals surface area contributed by atoms with Crippen LogP contribution in [-0.4, -0.2) is 33.4 Å². The fourth-order valence-corrected chi connectivity index (χ4v) is 1.66. The molecule has 1 saturated carbocycles. The minimum absolute atomic E-state index is 0.0244. The Bertz CT molecular complexity index is 554. The Balaban J connectivity index is 2.18. The van der Waals surface area contributed by atoms with Gasteiger partial charge in [-0.05, 0) is 19.8 Å². The summed E-state index contributed by atoms with van der Waals surface area (Å²) in [5.74, 6) is -0.110. The summed E-state index contributed by atoms with van der Waals surface area (Å²) >= 11 is 0. The van der Waals surface area contributed by atoms with Crippen LogP contribution in [0.3, 0.4) is 0 Å². The molecule has 0 unspecified atom stereocenters. The van der Waals surface area contributed by atoms with E-state index in [1.165, 1.54) is 10.8 Å². The topological polar surface area (TPSA) is 75.2 Å². The highest BCUT2D eigenvalue weighted by atomic mass is 16.2. The van der Waals surface area contributed by atoms with Gasteiger partial charge in [0.15, 0.2) is 0 Å². The van der Waals surface area contributed by atoms with Crippen molar-refractivity contribution in [2.24, 2.45) is 0 Å². The summed E-state index contributed by atoms with van der Waals surface area (Å²) in [5.41, 5.74) is -0.529. The first-order valence-electron chi connectivity index (χ1n) is 5.55. The number of hydrogen-bond donors (Lipinski definition) is 1. The summed E-state index contributed by atoms with van der Waals surface area (Å²) in [4.78, 5) is 38.3. The van der Waals surface area contributed by atoms with Gasteiger partial charge in [0.05, 0.1) is 0 Å². The van der Waals surface area contributed by atoms with Gasteiger partial charge in [0.1, 0.15) is 6.54 Å². The second-order valence-electron chi connectivity index (χ2n) is 4.44. The minimum atomic E-state index is -0.543. The lowest BCUT2D eigenvalue weighted by Gasteiger charge is -2.16. The summed E-state index contributed by atoms with van der Waals surface area (Å²) in [6.45, 7) is 1.58. The smallest absolute Gasteiger partial charge is 0.328 e. The van der Waals surface area contributed by atoms with E-state index in [0.717, 1.165) is 12.8 Å². The van der Waals surface area contributed by atoms with Crippen molar-refractivity contribution in [3.8, 4) is 0 Å². The van der Waals surface area contributed by atoms with Crippen molar-refractivity contribution in [2.45, 2.75) is 32.4 Å². The summed E-state index contributed by atoms with van der Waals surface area (Å²) in [6.07, 6.45) is 3.48. The predicted octanol–water partition coefficient (Wildman–Crippen LogP) is -0.534.